The summed E-state index contributed by atoms with van der Waals surface area (Å²) in [4.78, 5) is 11.1. The van der Waals surface area contributed by atoms with Crippen LogP contribution in [0, 0.1) is 52.3 Å². The molecule has 0 amide bonds. The van der Waals surface area contributed by atoms with Crippen molar-refractivity contribution in [2.45, 2.75) is 104 Å². The molecule has 0 aromatic heterocycles. The zero-order valence-corrected chi connectivity index (χ0v) is 19.5. The Hall–Kier alpha value is -0.610. The van der Waals surface area contributed by atoms with Crippen molar-refractivity contribution in [1.29, 1.82) is 0 Å². The molecule has 4 nitrogen and oxygen atoms in total. The van der Waals surface area contributed by atoms with Crippen molar-refractivity contribution in [2.24, 2.45) is 52.3 Å². The standard InChI is InChI=1S/C26H44O4/c1-5-17-21-14-16(27)10-12-26(21,4)20-11-13-25(3)18(15(2)6-9-22(28)29)7-8-19(25)23(20)24(17)30/h15-21,23-24,27,30H,5-14H2,1-4H3,(H,28,29)/t15-,16-,17-,18-,19?,20?,21?,23?,24-,25?,26-/m1/s1. The van der Waals surface area contributed by atoms with Gasteiger partial charge in [0.2, 0.25) is 0 Å². The fraction of sp³-hybridized carbons (Fsp3) is 0.962. The first-order valence-electron chi connectivity index (χ1n) is 12.7. The van der Waals surface area contributed by atoms with Crippen LogP contribution in [0.2, 0.25) is 0 Å². The fourth-order valence-electron chi connectivity index (χ4n) is 9.48. The zero-order valence-electron chi connectivity index (χ0n) is 19.5. The van der Waals surface area contributed by atoms with Crippen LogP contribution in [0.3, 0.4) is 0 Å². The normalized spacial score (nSPS) is 51.5. The lowest BCUT2D eigenvalue weighted by Gasteiger charge is -2.64. The molecule has 0 aromatic rings. The molecule has 0 aromatic carbocycles. The van der Waals surface area contributed by atoms with E-state index in [4.69, 9.17) is 5.11 Å². The van der Waals surface area contributed by atoms with Crippen LogP contribution in [-0.4, -0.2) is 33.5 Å². The third-order valence-corrected chi connectivity index (χ3v) is 11.0. The molecule has 11 atom stereocenters. The molecule has 172 valence electrons. The number of carboxylic acids is 1. The maximum Gasteiger partial charge on any atom is 0.303 e. The van der Waals surface area contributed by atoms with E-state index in [1.165, 1.54) is 25.7 Å². The second-order valence-electron chi connectivity index (χ2n) is 12.0. The monoisotopic (exact) mass is 420 g/mol. The van der Waals surface area contributed by atoms with E-state index in [2.05, 4.69) is 27.7 Å². The van der Waals surface area contributed by atoms with Crippen molar-refractivity contribution in [1.82, 2.24) is 0 Å². The van der Waals surface area contributed by atoms with E-state index in [0.29, 0.717) is 41.4 Å². The van der Waals surface area contributed by atoms with E-state index in [0.717, 1.165) is 32.1 Å². The summed E-state index contributed by atoms with van der Waals surface area (Å²) in [5.41, 5.74) is 0.480. The molecule has 4 rings (SSSR count). The molecular formula is C26H44O4. The largest absolute Gasteiger partial charge is 0.481 e. The predicted octanol–water partition coefficient (Wildman–Crippen LogP) is 5.11. The Balaban J connectivity index is 1.61. The molecule has 4 heteroatoms. The Bertz CT molecular complexity index is 649. The quantitative estimate of drug-likeness (QED) is 0.577. The van der Waals surface area contributed by atoms with Gasteiger partial charge in [0.1, 0.15) is 0 Å². The molecule has 0 aliphatic heterocycles. The van der Waals surface area contributed by atoms with Crippen LogP contribution >= 0.6 is 0 Å². The third-order valence-electron chi connectivity index (χ3n) is 11.0. The highest BCUT2D eigenvalue weighted by Gasteiger charge is 2.64. The van der Waals surface area contributed by atoms with Gasteiger partial charge in [0, 0.05) is 6.42 Å². The van der Waals surface area contributed by atoms with Gasteiger partial charge in [-0.2, -0.15) is 0 Å². The van der Waals surface area contributed by atoms with E-state index < -0.39 is 5.97 Å². The molecule has 0 radical (unpaired) electrons. The highest BCUT2D eigenvalue weighted by Crippen LogP contribution is 2.69. The first-order valence-corrected chi connectivity index (χ1v) is 12.7. The lowest BCUT2D eigenvalue weighted by Crippen LogP contribution is -2.62. The second kappa shape index (κ2) is 8.06. The molecule has 0 bridgehead atoms. The molecule has 0 heterocycles. The summed E-state index contributed by atoms with van der Waals surface area (Å²) in [7, 11) is 0. The van der Waals surface area contributed by atoms with Gasteiger partial charge in [-0.1, -0.05) is 34.1 Å². The summed E-state index contributed by atoms with van der Waals surface area (Å²) in [5.74, 6) is 2.58. The van der Waals surface area contributed by atoms with Crippen molar-refractivity contribution in [3.8, 4) is 0 Å². The summed E-state index contributed by atoms with van der Waals surface area (Å²) in [6, 6.07) is 0. The molecule has 4 aliphatic carbocycles. The first-order chi connectivity index (χ1) is 14.1. The Morgan fingerprint density at radius 3 is 2.33 bits per heavy atom. The molecule has 5 unspecified atom stereocenters. The Morgan fingerprint density at radius 2 is 1.67 bits per heavy atom. The highest BCUT2D eigenvalue weighted by molar-refractivity contribution is 5.66. The lowest BCUT2D eigenvalue weighted by molar-refractivity contribution is -0.203. The van der Waals surface area contributed by atoms with Gasteiger partial charge in [-0.15, -0.1) is 0 Å². The highest BCUT2D eigenvalue weighted by atomic mass is 16.4. The van der Waals surface area contributed by atoms with Gasteiger partial charge in [0.05, 0.1) is 12.2 Å². The number of aliphatic hydroxyl groups excluding tert-OH is 2. The minimum absolute atomic E-state index is 0.194. The maximum atomic E-state index is 11.7. The SMILES string of the molecule is CC[C@@H]1C2C[C@H](O)CC[C@]2(C)C2CCC3(C)C(CC[C@@H]3[C@H](C)CCC(=O)O)C2[C@@H]1O. The van der Waals surface area contributed by atoms with Gasteiger partial charge < -0.3 is 15.3 Å². The number of aliphatic carboxylic acids is 1. The van der Waals surface area contributed by atoms with Crippen LogP contribution < -0.4 is 0 Å². The fourth-order valence-corrected chi connectivity index (χ4v) is 9.48. The number of hydrogen-bond acceptors (Lipinski definition) is 3. The number of carboxylic acid groups (broad SMARTS) is 1. The van der Waals surface area contributed by atoms with Crippen molar-refractivity contribution in [3.63, 3.8) is 0 Å². The molecule has 0 saturated heterocycles. The van der Waals surface area contributed by atoms with Gasteiger partial charge in [-0.05, 0) is 104 Å². The Labute approximate surface area is 182 Å². The number of hydrogen-bond donors (Lipinski definition) is 3. The number of carbonyl (C=O) groups is 1. The summed E-state index contributed by atoms with van der Waals surface area (Å²) in [6.45, 7) is 9.44. The molecular weight excluding hydrogens is 376 g/mol. The minimum Gasteiger partial charge on any atom is -0.481 e. The van der Waals surface area contributed by atoms with Crippen molar-refractivity contribution < 1.29 is 20.1 Å². The van der Waals surface area contributed by atoms with Crippen molar-refractivity contribution >= 4 is 5.97 Å². The summed E-state index contributed by atoms with van der Waals surface area (Å²) in [6.07, 6.45) is 9.27. The van der Waals surface area contributed by atoms with Crippen molar-refractivity contribution in [2.75, 3.05) is 0 Å². The van der Waals surface area contributed by atoms with Crippen LogP contribution in [0.1, 0.15) is 91.9 Å². The first kappa shape index (κ1) is 22.6. The van der Waals surface area contributed by atoms with E-state index in [-0.39, 0.29) is 29.5 Å². The van der Waals surface area contributed by atoms with Gasteiger partial charge >= 0.3 is 5.97 Å². The number of fused-ring (bicyclic) bond motifs is 5. The average molecular weight is 421 g/mol. The van der Waals surface area contributed by atoms with Crippen LogP contribution in [0.15, 0.2) is 0 Å². The molecule has 4 saturated carbocycles. The van der Waals surface area contributed by atoms with Gasteiger partial charge in [0.15, 0.2) is 0 Å². The number of rotatable bonds is 5. The average Bonchev–Trinajstić information content (AvgIpc) is 3.05. The molecule has 4 fully saturated rings. The summed E-state index contributed by atoms with van der Waals surface area (Å²) >= 11 is 0. The molecule has 0 spiro atoms. The molecule has 30 heavy (non-hydrogen) atoms. The van der Waals surface area contributed by atoms with Gasteiger partial charge in [-0.3, -0.25) is 4.79 Å². The van der Waals surface area contributed by atoms with Crippen LogP contribution in [-0.2, 0) is 4.79 Å². The topological polar surface area (TPSA) is 77.8 Å². The molecule has 4 aliphatic rings. The van der Waals surface area contributed by atoms with Crippen molar-refractivity contribution in [3.05, 3.63) is 0 Å². The maximum absolute atomic E-state index is 11.7. The smallest absolute Gasteiger partial charge is 0.303 e. The minimum atomic E-state index is -0.683. The van der Waals surface area contributed by atoms with E-state index in [9.17, 15) is 15.0 Å². The Morgan fingerprint density at radius 1 is 1.00 bits per heavy atom. The summed E-state index contributed by atoms with van der Waals surface area (Å²) < 4.78 is 0. The molecule has 3 N–H and O–H groups in total. The van der Waals surface area contributed by atoms with Gasteiger partial charge in [0.25, 0.3) is 0 Å². The third kappa shape index (κ3) is 3.36. The van der Waals surface area contributed by atoms with Crippen LogP contribution in [0.5, 0.6) is 0 Å². The Kier molecular flexibility index (Phi) is 6.07. The van der Waals surface area contributed by atoms with E-state index >= 15 is 0 Å². The van der Waals surface area contributed by atoms with E-state index in [1.807, 2.05) is 0 Å². The summed E-state index contributed by atoms with van der Waals surface area (Å²) in [5, 5.41) is 31.3. The van der Waals surface area contributed by atoms with E-state index in [1.54, 1.807) is 0 Å². The zero-order chi connectivity index (χ0) is 21.8. The lowest BCUT2D eigenvalue weighted by atomic mass is 9.41. The van der Waals surface area contributed by atoms with Crippen LogP contribution in [0.25, 0.3) is 0 Å². The number of aliphatic hydroxyl groups is 2. The predicted molar refractivity (Wildman–Crippen MR) is 118 cm³/mol. The second-order valence-corrected chi connectivity index (χ2v) is 12.0. The van der Waals surface area contributed by atoms with Gasteiger partial charge in [-0.25, -0.2) is 0 Å². The van der Waals surface area contributed by atoms with Crippen LogP contribution in [0.4, 0.5) is 0 Å².